The van der Waals surface area contributed by atoms with E-state index in [1.807, 2.05) is 66.9 Å². The van der Waals surface area contributed by atoms with Crippen molar-refractivity contribution < 1.29 is 4.42 Å². The molecule has 0 aliphatic heterocycles. The summed E-state index contributed by atoms with van der Waals surface area (Å²) in [5, 5.41) is 6.90. The van der Waals surface area contributed by atoms with Crippen LogP contribution in [0.15, 0.2) is 91.6 Å². The fourth-order valence-corrected chi connectivity index (χ4v) is 5.35. The van der Waals surface area contributed by atoms with Crippen molar-refractivity contribution in [3.05, 3.63) is 115 Å². The third-order valence-electron chi connectivity index (χ3n) is 6.41. The maximum Gasteiger partial charge on any atom is 0.282 e. The zero-order valence-electron chi connectivity index (χ0n) is 20.2. The minimum Gasteiger partial charge on any atom is -0.453 e. The van der Waals surface area contributed by atoms with Crippen molar-refractivity contribution in [1.29, 1.82) is 0 Å². The Bertz CT molecular complexity index is 1970. The number of hydrogen-bond acceptors (Lipinski definition) is 4. The van der Waals surface area contributed by atoms with Crippen LogP contribution in [-0.4, -0.2) is 20.4 Å². The number of hydrogen-bond donors (Lipinski definition) is 0. The summed E-state index contributed by atoms with van der Waals surface area (Å²) in [5.74, 6) is 0.748. The second kappa shape index (κ2) is 9.58. The van der Waals surface area contributed by atoms with Crippen LogP contribution < -0.4 is 5.56 Å². The second-order valence-electron chi connectivity index (χ2n) is 8.84. The molecule has 0 spiro atoms. The molecular weight excluding hydrogens is 587 g/mol. The second-order valence-corrected chi connectivity index (χ2v) is 10.5. The molecule has 0 N–H and O–H groups in total. The van der Waals surface area contributed by atoms with Gasteiger partial charge in [0.1, 0.15) is 5.58 Å². The van der Waals surface area contributed by atoms with Crippen LogP contribution in [0.3, 0.4) is 0 Å². The largest absolute Gasteiger partial charge is 0.453 e. The van der Waals surface area contributed by atoms with Gasteiger partial charge in [-0.1, -0.05) is 57.3 Å². The quantitative estimate of drug-likeness (QED) is 0.190. The lowest BCUT2D eigenvalue weighted by Crippen LogP contribution is -2.20. The first-order chi connectivity index (χ1) is 18.3. The lowest BCUT2D eigenvalue weighted by Gasteiger charge is -2.12. The first kappa shape index (κ1) is 24.7. The van der Waals surface area contributed by atoms with Crippen molar-refractivity contribution in [3.8, 4) is 17.3 Å². The van der Waals surface area contributed by atoms with Crippen LogP contribution in [0.2, 0.25) is 10.0 Å². The Kier molecular flexibility index (Phi) is 6.22. The van der Waals surface area contributed by atoms with Crippen LogP contribution in [0.25, 0.3) is 39.1 Å². The predicted octanol–water partition coefficient (Wildman–Crippen LogP) is 8.17. The highest BCUT2D eigenvalue weighted by molar-refractivity contribution is 9.10. The molecule has 3 heterocycles. The molecule has 0 aliphatic carbocycles. The molecule has 0 saturated heterocycles. The highest BCUT2D eigenvalue weighted by atomic mass is 79.9. The van der Waals surface area contributed by atoms with E-state index in [9.17, 15) is 4.79 Å². The number of fused-ring (bicyclic) bond motifs is 2. The molecule has 3 aromatic carbocycles. The zero-order valence-corrected chi connectivity index (χ0v) is 23.3. The van der Waals surface area contributed by atoms with Gasteiger partial charge in [0.25, 0.3) is 5.56 Å². The lowest BCUT2D eigenvalue weighted by atomic mass is 10.2. The third-order valence-corrected chi connectivity index (χ3v) is 7.71. The van der Waals surface area contributed by atoms with Gasteiger partial charge in [-0.15, -0.1) is 0 Å². The lowest BCUT2D eigenvalue weighted by molar-refractivity contribution is 0.616. The number of rotatable bonds is 4. The van der Waals surface area contributed by atoms with Crippen molar-refractivity contribution in [1.82, 2.24) is 14.2 Å². The maximum absolute atomic E-state index is 13.6. The van der Waals surface area contributed by atoms with Gasteiger partial charge in [0.05, 0.1) is 32.9 Å². The minimum absolute atomic E-state index is 0.296. The Morgan fingerprint density at radius 3 is 2.66 bits per heavy atom. The molecule has 0 unspecified atom stereocenters. The van der Waals surface area contributed by atoms with Crippen molar-refractivity contribution >= 4 is 67.2 Å². The van der Waals surface area contributed by atoms with Gasteiger partial charge >= 0.3 is 0 Å². The number of nitrogens with zero attached hydrogens (tertiary/aromatic N) is 4. The highest BCUT2D eigenvalue weighted by Crippen LogP contribution is 2.32. The number of para-hydroxylation sites is 1. The van der Waals surface area contributed by atoms with Gasteiger partial charge in [-0.05, 0) is 68.4 Å². The number of benzene rings is 3. The van der Waals surface area contributed by atoms with Gasteiger partial charge in [-0.2, -0.15) is 9.78 Å². The van der Waals surface area contributed by atoms with Crippen molar-refractivity contribution in [2.24, 2.45) is 5.10 Å². The molecule has 6 rings (SSSR count). The zero-order chi connectivity index (χ0) is 26.6. The molecule has 3 aromatic heterocycles. The number of aryl methyl sites for hydroxylation is 1. The summed E-state index contributed by atoms with van der Waals surface area (Å²) >= 11 is 16.3. The Labute approximate surface area is 235 Å². The van der Waals surface area contributed by atoms with Crippen LogP contribution in [0.1, 0.15) is 17.0 Å². The molecule has 38 heavy (non-hydrogen) atoms. The molecule has 6 aromatic rings. The number of aromatic nitrogens is 3. The van der Waals surface area contributed by atoms with E-state index in [1.54, 1.807) is 30.5 Å². The van der Waals surface area contributed by atoms with E-state index in [2.05, 4.69) is 21.0 Å². The van der Waals surface area contributed by atoms with Crippen LogP contribution in [-0.2, 0) is 0 Å². The maximum atomic E-state index is 13.6. The Morgan fingerprint density at radius 1 is 1.00 bits per heavy atom. The molecule has 6 nitrogen and oxygen atoms in total. The highest BCUT2D eigenvalue weighted by Gasteiger charge is 2.18. The molecule has 188 valence electrons. The van der Waals surface area contributed by atoms with Crippen LogP contribution in [0.5, 0.6) is 0 Å². The first-order valence-electron chi connectivity index (χ1n) is 11.7. The molecule has 9 heteroatoms. The van der Waals surface area contributed by atoms with Crippen LogP contribution in [0, 0.1) is 13.8 Å². The number of furan rings is 1. The monoisotopic (exact) mass is 604 g/mol. The Morgan fingerprint density at radius 2 is 1.82 bits per heavy atom. The average Bonchev–Trinajstić information content (AvgIpc) is 3.44. The number of halogens is 3. The molecule has 0 bridgehead atoms. The fraction of sp³-hybridized carbons (Fsp3) is 0.0690. The fourth-order valence-electron chi connectivity index (χ4n) is 4.59. The SMILES string of the molecule is Cc1cc(C=Nn2c(-c3cc4cc(Br)ccc4o3)nc3ccccc3c2=O)c(C)n1-c1cccc(Cl)c1Cl. The summed E-state index contributed by atoms with van der Waals surface area (Å²) in [7, 11) is 0. The van der Waals surface area contributed by atoms with E-state index in [1.165, 1.54) is 4.68 Å². The normalized spacial score (nSPS) is 11.8. The summed E-state index contributed by atoms with van der Waals surface area (Å²) in [4.78, 5) is 18.4. The Balaban J connectivity index is 1.52. The van der Waals surface area contributed by atoms with E-state index in [0.717, 1.165) is 32.5 Å². The molecule has 0 radical (unpaired) electrons. The van der Waals surface area contributed by atoms with Gasteiger partial charge in [-0.3, -0.25) is 4.79 Å². The standard InChI is InChI=1S/C29H19BrCl2N4O2/c1-16-12-19(17(2)35(16)24-9-5-7-22(31)27(24)32)15-33-36-28(34-23-8-4-3-6-21(23)29(36)37)26-14-18-13-20(30)10-11-25(18)38-26/h3-15H,1-2H3. The first-order valence-corrected chi connectivity index (χ1v) is 13.3. The molecule has 0 amide bonds. The molecule has 0 aliphatic rings. The molecule has 0 atom stereocenters. The van der Waals surface area contributed by atoms with Crippen molar-refractivity contribution in [3.63, 3.8) is 0 Å². The third kappa shape index (κ3) is 4.17. The minimum atomic E-state index is -0.296. The predicted molar refractivity (Wildman–Crippen MR) is 157 cm³/mol. The summed E-state index contributed by atoms with van der Waals surface area (Å²) < 4.78 is 10.3. The molecular formula is C29H19BrCl2N4O2. The van der Waals surface area contributed by atoms with E-state index >= 15 is 0 Å². The average molecular weight is 606 g/mol. The van der Waals surface area contributed by atoms with Gasteiger partial charge in [0, 0.05) is 26.8 Å². The van der Waals surface area contributed by atoms with Gasteiger partial charge in [0.15, 0.2) is 5.76 Å². The summed E-state index contributed by atoms with van der Waals surface area (Å²) in [5.41, 5.74) is 4.38. The van der Waals surface area contributed by atoms with E-state index in [-0.39, 0.29) is 5.56 Å². The van der Waals surface area contributed by atoms with Crippen LogP contribution >= 0.6 is 39.1 Å². The van der Waals surface area contributed by atoms with Gasteiger partial charge < -0.3 is 8.98 Å². The van der Waals surface area contributed by atoms with Gasteiger partial charge in [0.2, 0.25) is 5.82 Å². The van der Waals surface area contributed by atoms with Gasteiger partial charge in [-0.25, -0.2) is 4.98 Å². The Hall–Kier alpha value is -3.65. The van der Waals surface area contributed by atoms with E-state index < -0.39 is 0 Å². The topological polar surface area (TPSA) is 65.3 Å². The van der Waals surface area contributed by atoms with Crippen LogP contribution in [0.4, 0.5) is 0 Å². The summed E-state index contributed by atoms with van der Waals surface area (Å²) in [6.07, 6.45) is 1.65. The smallest absolute Gasteiger partial charge is 0.282 e. The molecule has 0 fully saturated rings. The van der Waals surface area contributed by atoms with Crippen molar-refractivity contribution in [2.45, 2.75) is 13.8 Å². The summed E-state index contributed by atoms with van der Waals surface area (Å²) in [6.45, 7) is 3.94. The van der Waals surface area contributed by atoms with E-state index in [4.69, 9.17) is 32.6 Å². The molecule has 0 saturated carbocycles. The van der Waals surface area contributed by atoms with E-state index in [0.29, 0.717) is 38.1 Å². The summed E-state index contributed by atoms with van der Waals surface area (Å²) in [6, 6.07) is 22.3. The van der Waals surface area contributed by atoms with Crippen molar-refractivity contribution in [2.75, 3.05) is 0 Å².